The van der Waals surface area contributed by atoms with Gasteiger partial charge < -0.3 is 5.84 Å². The van der Waals surface area contributed by atoms with Gasteiger partial charge in [-0.25, -0.2) is 0 Å². The summed E-state index contributed by atoms with van der Waals surface area (Å²) >= 11 is 0. The van der Waals surface area contributed by atoms with E-state index in [1.165, 1.54) is 0 Å². The van der Waals surface area contributed by atoms with Crippen LogP contribution in [0.5, 0.6) is 0 Å². The van der Waals surface area contributed by atoms with Crippen LogP contribution in [0.1, 0.15) is 11.1 Å². The van der Waals surface area contributed by atoms with Crippen LogP contribution in [-0.2, 0) is 0 Å². The summed E-state index contributed by atoms with van der Waals surface area (Å²) in [5.41, 5.74) is 4.31. The SMILES string of the molecule is NN=Nc1ccccc1C=Cc1cccc2n[nH]nc12. The van der Waals surface area contributed by atoms with Crippen LogP contribution in [0.4, 0.5) is 5.69 Å². The Labute approximate surface area is 115 Å². The van der Waals surface area contributed by atoms with Gasteiger partial charge in [-0.2, -0.15) is 15.4 Å². The van der Waals surface area contributed by atoms with E-state index in [9.17, 15) is 0 Å². The first-order valence-corrected chi connectivity index (χ1v) is 6.06. The van der Waals surface area contributed by atoms with Crippen LogP contribution in [0.3, 0.4) is 0 Å². The van der Waals surface area contributed by atoms with Gasteiger partial charge in [-0.1, -0.05) is 47.7 Å². The Kier molecular flexibility index (Phi) is 3.20. The fourth-order valence-electron chi connectivity index (χ4n) is 1.99. The van der Waals surface area contributed by atoms with E-state index in [-0.39, 0.29) is 0 Å². The molecule has 0 aliphatic rings. The molecule has 0 saturated heterocycles. The van der Waals surface area contributed by atoms with Crippen molar-refractivity contribution in [2.24, 2.45) is 16.2 Å². The number of H-pyrrole nitrogens is 1. The van der Waals surface area contributed by atoms with E-state index in [1.54, 1.807) is 0 Å². The number of rotatable bonds is 3. The predicted molar refractivity (Wildman–Crippen MR) is 78.0 cm³/mol. The van der Waals surface area contributed by atoms with Crippen molar-refractivity contribution in [2.75, 3.05) is 0 Å². The van der Waals surface area contributed by atoms with Crippen molar-refractivity contribution < 1.29 is 0 Å². The fourth-order valence-corrected chi connectivity index (χ4v) is 1.99. The zero-order chi connectivity index (χ0) is 13.8. The smallest absolute Gasteiger partial charge is 0.120 e. The molecule has 0 spiro atoms. The second-order valence-corrected chi connectivity index (χ2v) is 4.15. The lowest BCUT2D eigenvalue weighted by atomic mass is 10.1. The quantitative estimate of drug-likeness (QED) is 0.329. The van der Waals surface area contributed by atoms with Crippen LogP contribution >= 0.6 is 0 Å². The van der Waals surface area contributed by atoms with Crippen molar-refractivity contribution in [3.8, 4) is 0 Å². The van der Waals surface area contributed by atoms with Gasteiger partial charge in [0.25, 0.3) is 0 Å². The van der Waals surface area contributed by atoms with E-state index in [1.807, 2.05) is 54.6 Å². The summed E-state index contributed by atoms with van der Waals surface area (Å²) in [7, 11) is 0. The molecule has 0 amide bonds. The van der Waals surface area contributed by atoms with Gasteiger partial charge in [0.1, 0.15) is 11.0 Å². The minimum absolute atomic E-state index is 0.721. The highest BCUT2D eigenvalue weighted by Crippen LogP contribution is 2.22. The molecule has 0 saturated carbocycles. The first-order valence-electron chi connectivity index (χ1n) is 6.06. The summed E-state index contributed by atoms with van der Waals surface area (Å²) in [6.45, 7) is 0. The van der Waals surface area contributed by atoms with Gasteiger partial charge in [0.15, 0.2) is 0 Å². The Bertz CT molecular complexity index is 787. The molecule has 6 heteroatoms. The van der Waals surface area contributed by atoms with Crippen molar-refractivity contribution in [2.45, 2.75) is 0 Å². The standard InChI is InChI=1S/C14H12N6/c15-19-16-12-6-2-1-4-10(12)8-9-11-5-3-7-13-14(11)18-20-17-13/h1-9H,(H2,15,16)(H,17,18,20). The molecule has 3 N–H and O–H groups in total. The summed E-state index contributed by atoms with van der Waals surface area (Å²) in [6.07, 6.45) is 3.92. The summed E-state index contributed by atoms with van der Waals surface area (Å²) in [4.78, 5) is 0. The molecule has 3 aromatic rings. The largest absolute Gasteiger partial charge is 0.305 e. The lowest BCUT2D eigenvalue weighted by Gasteiger charge is -1.98. The summed E-state index contributed by atoms with van der Waals surface area (Å²) in [6, 6.07) is 13.5. The lowest BCUT2D eigenvalue weighted by Crippen LogP contribution is -1.79. The minimum atomic E-state index is 0.721. The fraction of sp³-hybridized carbons (Fsp3) is 0. The minimum Gasteiger partial charge on any atom is -0.305 e. The highest BCUT2D eigenvalue weighted by atomic mass is 15.3. The van der Waals surface area contributed by atoms with Crippen molar-refractivity contribution in [3.05, 3.63) is 53.6 Å². The summed E-state index contributed by atoms with van der Waals surface area (Å²) in [5, 5.41) is 18.0. The molecule has 0 radical (unpaired) electrons. The number of para-hydroxylation sites is 1. The Morgan fingerprint density at radius 3 is 2.65 bits per heavy atom. The molecule has 1 aromatic heterocycles. The summed E-state index contributed by atoms with van der Waals surface area (Å²) < 4.78 is 0. The molecule has 2 aromatic carbocycles. The molecule has 98 valence electrons. The van der Waals surface area contributed by atoms with Gasteiger partial charge in [-0.15, -0.1) is 5.11 Å². The number of hydrogen-bond donors (Lipinski definition) is 2. The molecule has 20 heavy (non-hydrogen) atoms. The Balaban J connectivity index is 2.00. The summed E-state index contributed by atoms with van der Waals surface area (Å²) in [5.74, 6) is 5.11. The van der Waals surface area contributed by atoms with Gasteiger partial charge in [0, 0.05) is 11.1 Å². The van der Waals surface area contributed by atoms with Crippen LogP contribution in [0.25, 0.3) is 23.2 Å². The first-order chi connectivity index (χ1) is 9.88. The van der Waals surface area contributed by atoms with Gasteiger partial charge in [0.2, 0.25) is 0 Å². The Hall–Kier alpha value is -3.02. The molecule has 0 bridgehead atoms. The molecule has 0 unspecified atom stereocenters. The predicted octanol–water partition coefficient (Wildman–Crippen LogP) is 3.09. The van der Waals surface area contributed by atoms with Crippen LogP contribution in [0.15, 0.2) is 52.8 Å². The number of nitrogens with one attached hydrogen (secondary N) is 1. The average molecular weight is 264 g/mol. The Morgan fingerprint density at radius 2 is 1.75 bits per heavy atom. The maximum Gasteiger partial charge on any atom is 0.120 e. The lowest BCUT2D eigenvalue weighted by molar-refractivity contribution is 0.959. The van der Waals surface area contributed by atoms with Crippen molar-refractivity contribution >= 4 is 28.9 Å². The highest BCUT2D eigenvalue weighted by Gasteiger charge is 2.02. The highest BCUT2D eigenvalue weighted by molar-refractivity contribution is 5.88. The molecule has 6 nitrogen and oxygen atoms in total. The van der Waals surface area contributed by atoms with Gasteiger partial charge in [-0.05, 0) is 12.1 Å². The molecular formula is C14H12N6. The zero-order valence-corrected chi connectivity index (χ0v) is 10.6. The Morgan fingerprint density at radius 1 is 0.950 bits per heavy atom. The molecule has 3 rings (SSSR count). The zero-order valence-electron chi connectivity index (χ0n) is 10.6. The number of fused-ring (bicyclic) bond motifs is 1. The molecule has 1 heterocycles. The third-order valence-electron chi connectivity index (χ3n) is 2.92. The third-order valence-corrected chi connectivity index (χ3v) is 2.92. The first kappa shape index (κ1) is 12.0. The third kappa shape index (κ3) is 2.26. The second kappa shape index (κ2) is 5.31. The normalized spacial score (nSPS) is 11.8. The monoisotopic (exact) mass is 264 g/mol. The molecule has 0 aliphatic heterocycles. The van der Waals surface area contributed by atoms with Gasteiger partial charge >= 0.3 is 0 Å². The van der Waals surface area contributed by atoms with Crippen molar-refractivity contribution in [1.29, 1.82) is 0 Å². The number of aromatic nitrogens is 3. The number of nitrogens with two attached hydrogens (primary N) is 1. The van der Waals surface area contributed by atoms with Crippen molar-refractivity contribution in [3.63, 3.8) is 0 Å². The van der Waals surface area contributed by atoms with Crippen molar-refractivity contribution in [1.82, 2.24) is 15.4 Å². The van der Waals surface area contributed by atoms with E-state index in [4.69, 9.17) is 5.84 Å². The topological polar surface area (TPSA) is 92.3 Å². The van der Waals surface area contributed by atoms with E-state index in [2.05, 4.69) is 25.7 Å². The number of benzene rings is 2. The van der Waals surface area contributed by atoms with Gasteiger partial charge in [0.05, 0.1) is 5.69 Å². The van der Waals surface area contributed by atoms with Gasteiger partial charge in [-0.3, -0.25) is 0 Å². The van der Waals surface area contributed by atoms with Crippen LogP contribution in [-0.4, -0.2) is 15.4 Å². The van der Waals surface area contributed by atoms with Crippen LogP contribution < -0.4 is 5.84 Å². The average Bonchev–Trinajstić information content (AvgIpc) is 2.96. The number of aromatic amines is 1. The van der Waals surface area contributed by atoms with Crippen LogP contribution in [0, 0.1) is 0 Å². The molecule has 0 aliphatic carbocycles. The molecule has 0 atom stereocenters. The number of nitrogens with zero attached hydrogens (tertiary/aromatic N) is 4. The van der Waals surface area contributed by atoms with E-state index in [0.29, 0.717) is 0 Å². The van der Waals surface area contributed by atoms with Crippen LogP contribution in [0.2, 0.25) is 0 Å². The van der Waals surface area contributed by atoms with E-state index in [0.717, 1.165) is 27.8 Å². The molecule has 0 fully saturated rings. The van der Waals surface area contributed by atoms with E-state index < -0.39 is 0 Å². The molecular weight excluding hydrogens is 252 g/mol. The maximum atomic E-state index is 5.11. The number of hydrogen-bond acceptors (Lipinski definition) is 4. The van der Waals surface area contributed by atoms with E-state index >= 15 is 0 Å². The second-order valence-electron chi connectivity index (χ2n) is 4.15. The maximum absolute atomic E-state index is 5.11.